The van der Waals surface area contributed by atoms with Crippen molar-refractivity contribution in [1.29, 1.82) is 0 Å². The summed E-state index contributed by atoms with van der Waals surface area (Å²) in [5.41, 5.74) is -1.83. The molecule has 1 unspecified atom stereocenters. The van der Waals surface area contributed by atoms with Gasteiger partial charge in [0.05, 0.1) is 7.11 Å². The topological polar surface area (TPSA) is 49.8 Å². The van der Waals surface area contributed by atoms with Crippen LogP contribution in [0.2, 0.25) is 0 Å². The first kappa shape index (κ1) is 15.6. The first-order valence-electron chi connectivity index (χ1n) is 6.44. The second-order valence-electron chi connectivity index (χ2n) is 5.19. The number of halogens is 3. The molecule has 1 atom stereocenters. The summed E-state index contributed by atoms with van der Waals surface area (Å²) in [6.07, 6.45) is -5.16. The molecule has 1 aliphatic rings. The largest absolute Gasteiger partial charge is 0.497 e. The fourth-order valence-electron chi connectivity index (χ4n) is 2.54. The third-order valence-corrected chi connectivity index (χ3v) is 3.87. The Morgan fingerprint density at radius 3 is 2.43 bits per heavy atom. The van der Waals surface area contributed by atoms with E-state index in [0.717, 1.165) is 5.56 Å². The predicted octanol–water partition coefficient (Wildman–Crippen LogP) is 2.53. The summed E-state index contributed by atoms with van der Waals surface area (Å²) >= 11 is 0. The molecule has 116 valence electrons. The van der Waals surface area contributed by atoms with E-state index in [9.17, 15) is 18.0 Å². The minimum absolute atomic E-state index is 0.109. The number of methoxy groups -OCH3 is 1. The average molecular weight is 303 g/mol. The summed E-state index contributed by atoms with van der Waals surface area (Å²) in [6, 6.07) is 6.96. The van der Waals surface area contributed by atoms with Crippen molar-refractivity contribution in [2.24, 2.45) is 5.41 Å². The van der Waals surface area contributed by atoms with E-state index in [4.69, 9.17) is 9.84 Å². The van der Waals surface area contributed by atoms with Crippen LogP contribution in [-0.4, -0.2) is 42.4 Å². The van der Waals surface area contributed by atoms with Gasteiger partial charge < -0.3 is 9.84 Å². The van der Waals surface area contributed by atoms with E-state index in [1.807, 2.05) is 0 Å². The molecule has 1 saturated heterocycles. The number of benzene rings is 1. The molecule has 1 N–H and O–H groups in total. The van der Waals surface area contributed by atoms with Gasteiger partial charge in [-0.1, -0.05) is 12.1 Å². The first-order chi connectivity index (χ1) is 9.78. The Morgan fingerprint density at radius 2 is 2.00 bits per heavy atom. The maximum absolute atomic E-state index is 13.1. The number of carboxylic acid groups (broad SMARTS) is 1. The molecule has 7 heteroatoms. The van der Waals surface area contributed by atoms with Crippen molar-refractivity contribution < 1.29 is 27.8 Å². The van der Waals surface area contributed by atoms with E-state index < -0.39 is 30.5 Å². The summed E-state index contributed by atoms with van der Waals surface area (Å²) in [4.78, 5) is 12.6. The van der Waals surface area contributed by atoms with Gasteiger partial charge in [-0.2, -0.15) is 13.2 Å². The summed E-state index contributed by atoms with van der Waals surface area (Å²) < 4.78 is 44.2. The fraction of sp³-hybridized carbons (Fsp3) is 0.500. The summed E-state index contributed by atoms with van der Waals surface area (Å²) in [5, 5.41) is 8.99. The number of hydrogen-bond donors (Lipinski definition) is 1. The molecular weight excluding hydrogens is 287 g/mol. The second kappa shape index (κ2) is 5.55. The molecule has 0 bridgehead atoms. The van der Waals surface area contributed by atoms with Crippen LogP contribution in [0.5, 0.6) is 5.75 Å². The normalized spacial score (nSPS) is 23.2. The van der Waals surface area contributed by atoms with Crippen molar-refractivity contribution in [2.75, 3.05) is 20.2 Å². The highest BCUT2D eigenvalue weighted by Gasteiger charge is 2.63. The number of ether oxygens (including phenoxy) is 1. The molecule has 1 aromatic carbocycles. The summed E-state index contributed by atoms with van der Waals surface area (Å²) in [5.74, 6) is -1.14. The Kier molecular flexibility index (Phi) is 4.13. The van der Waals surface area contributed by atoms with Crippen molar-refractivity contribution in [3.05, 3.63) is 29.8 Å². The first-order valence-corrected chi connectivity index (χ1v) is 6.44. The van der Waals surface area contributed by atoms with Crippen molar-refractivity contribution in [3.8, 4) is 5.75 Å². The summed E-state index contributed by atoms with van der Waals surface area (Å²) in [7, 11) is 1.53. The lowest BCUT2D eigenvalue weighted by Crippen LogP contribution is -2.47. The van der Waals surface area contributed by atoms with Crippen LogP contribution in [0.25, 0.3) is 0 Å². The van der Waals surface area contributed by atoms with Crippen LogP contribution < -0.4 is 4.74 Å². The molecule has 2 rings (SSSR count). The molecule has 1 aromatic rings. The van der Waals surface area contributed by atoms with Gasteiger partial charge in [0.1, 0.15) is 5.75 Å². The zero-order valence-electron chi connectivity index (χ0n) is 11.5. The molecule has 0 amide bonds. The number of carboxylic acids is 1. The standard InChI is InChI=1S/C14H16F3NO3/c1-21-11-4-2-10(3-5-11)8-18-7-6-13(9-18,12(19)20)14(15,16)17/h2-5H,6-9H2,1H3,(H,19,20). The minimum atomic E-state index is -4.74. The van der Waals surface area contributed by atoms with Gasteiger partial charge in [0.15, 0.2) is 5.41 Å². The van der Waals surface area contributed by atoms with Crippen LogP contribution in [0.1, 0.15) is 12.0 Å². The van der Waals surface area contributed by atoms with Gasteiger partial charge in [0.2, 0.25) is 0 Å². The molecule has 1 fully saturated rings. The minimum Gasteiger partial charge on any atom is -0.497 e. The van der Waals surface area contributed by atoms with E-state index in [1.165, 1.54) is 12.0 Å². The van der Waals surface area contributed by atoms with Gasteiger partial charge >= 0.3 is 12.1 Å². The van der Waals surface area contributed by atoms with Gasteiger partial charge in [0.25, 0.3) is 0 Å². The number of aliphatic carboxylic acids is 1. The van der Waals surface area contributed by atoms with Crippen molar-refractivity contribution in [3.63, 3.8) is 0 Å². The Morgan fingerprint density at radius 1 is 1.38 bits per heavy atom. The smallest absolute Gasteiger partial charge is 0.406 e. The monoisotopic (exact) mass is 303 g/mol. The third kappa shape index (κ3) is 2.97. The van der Waals surface area contributed by atoms with Crippen LogP contribution >= 0.6 is 0 Å². The van der Waals surface area contributed by atoms with E-state index in [-0.39, 0.29) is 13.1 Å². The van der Waals surface area contributed by atoms with E-state index in [2.05, 4.69) is 0 Å². The molecule has 0 aliphatic carbocycles. The highest BCUT2D eigenvalue weighted by Crippen LogP contribution is 2.45. The lowest BCUT2D eigenvalue weighted by molar-refractivity contribution is -0.227. The Hall–Kier alpha value is -1.76. The van der Waals surface area contributed by atoms with Crippen LogP contribution in [0.4, 0.5) is 13.2 Å². The lowest BCUT2D eigenvalue weighted by atomic mass is 9.86. The molecule has 4 nitrogen and oxygen atoms in total. The van der Waals surface area contributed by atoms with Crippen molar-refractivity contribution in [1.82, 2.24) is 4.90 Å². The Bertz CT molecular complexity index is 515. The van der Waals surface area contributed by atoms with Crippen LogP contribution in [0.15, 0.2) is 24.3 Å². The van der Waals surface area contributed by atoms with Gasteiger partial charge in [-0.25, -0.2) is 0 Å². The molecule has 0 saturated carbocycles. The van der Waals surface area contributed by atoms with E-state index in [1.54, 1.807) is 24.3 Å². The molecular formula is C14H16F3NO3. The Balaban J connectivity index is 2.09. The number of hydrogen-bond acceptors (Lipinski definition) is 3. The van der Waals surface area contributed by atoms with E-state index in [0.29, 0.717) is 5.75 Å². The third-order valence-electron chi connectivity index (χ3n) is 3.87. The number of carbonyl (C=O) groups is 1. The zero-order chi connectivity index (χ0) is 15.7. The zero-order valence-corrected chi connectivity index (χ0v) is 11.5. The maximum Gasteiger partial charge on any atom is 0.406 e. The SMILES string of the molecule is COc1ccc(CN2CCC(C(=O)O)(C(F)(F)F)C2)cc1. The van der Waals surface area contributed by atoms with Crippen molar-refractivity contribution in [2.45, 2.75) is 19.1 Å². The highest BCUT2D eigenvalue weighted by molar-refractivity contribution is 5.76. The number of rotatable bonds is 4. The molecule has 1 aliphatic heterocycles. The van der Waals surface area contributed by atoms with Crippen LogP contribution in [0.3, 0.4) is 0 Å². The lowest BCUT2D eigenvalue weighted by Gasteiger charge is -2.27. The van der Waals surface area contributed by atoms with Crippen LogP contribution in [0, 0.1) is 5.41 Å². The predicted molar refractivity (Wildman–Crippen MR) is 69.0 cm³/mol. The van der Waals surface area contributed by atoms with Gasteiger partial charge in [-0.3, -0.25) is 9.69 Å². The fourth-order valence-corrected chi connectivity index (χ4v) is 2.54. The van der Waals surface area contributed by atoms with E-state index >= 15 is 0 Å². The molecule has 0 spiro atoms. The quantitative estimate of drug-likeness (QED) is 0.928. The maximum atomic E-state index is 13.1. The number of likely N-dealkylation sites (tertiary alicyclic amines) is 1. The number of nitrogens with zero attached hydrogens (tertiary/aromatic N) is 1. The van der Waals surface area contributed by atoms with Gasteiger partial charge in [-0.05, 0) is 24.1 Å². The molecule has 21 heavy (non-hydrogen) atoms. The molecule has 1 heterocycles. The number of alkyl halides is 3. The Labute approximate surface area is 120 Å². The van der Waals surface area contributed by atoms with Gasteiger partial charge in [-0.15, -0.1) is 0 Å². The highest BCUT2D eigenvalue weighted by atomic mass is 19.4. The van der Waals surface area contributed by atoms with Crippen LogP contribution in [-0.2, 0) is 11.3 Å². The summed E-state index contributed by atoms with van der Waals surface area (Å²) in [6.45, 7) is -0.120. The van der Waals surface area contributed by atoms with Crippen molar-refractivity contribution >= 4 is 5.97 Å². The molecule has 0 aromatic heterocycles. The average Bonchev–Trinajstić information content (AvgIpc) is 2.84. The van der Waals surface area contributed by atoms with Gasteiger partial charge in [0, 0.05) is 19.6 Å². The molecule has 0 radical (unpaired) electrons. The second-order valence-corrected chi connectivity index (χ2v) is 5.19.